The second kappa shape index (κ2) is 7.56. The van der Waals surface area contributed by atoms with Crippen molar-refractivity contribution in [2.45, 2.75) is 25.4 Å². The molecule has 2 aromatic rings. The lowest BCUT2D eigenvalue weighted by atomic mass is 10.0. The van der Waals surface area contributed by atoms with Crippen molar-refractivity contribution < 1.29 is 14.7 Å². The molecule has 3 atom stereocenters. The van der Waals surface area contributed by atoms with E-state index in [0.717, 1.165) is 34.7 Å². The number of halogens is 1. The zero-order valence-corrected chi connectivity index (χ0v) is 16.4. The van der Waals surface area contributed by atoms with Crippen LogP contribution in [0.25, 0.3) is 0 Å². The number of amides is 1. The van der Waals surface area contributed by atoms with Gasteiger partial charge in [-0.2, -0.15) is 9.78 Å². The van der Waals surface area contributed by atoms with Gasteiger partial charge in [0.25, 0.3) is 0 Å². The number of carbonyl (C=O) groups is 2. The first-order valence-corrected chi connectivity index (χ1v) is 9.81. The number of aromatic carboxylic acids is 1. The smallest absolute Gasteiger partial charge is 0.344 e. The van der Waals surface area contributed by atoms with Crippen LogP contribution < -0.4 is 0 Å². The van der Waals surface area contributed by atoms with Gasteiger partial charge in [0.2, 0.25) is 0 Å². The van der Waals surface area contributed by atoms with Crippen molar-refractivity contribution in [1.82, 2.24) is 19.6 Å². The first kappa shape index (κ1) is 19.0. The molecule has 0 unspecified atom stereocenters. The molecule has 1 aliphatic carbocycles. The van der Waals surface area contributed by atoms with Gasteiger partial charge in [-0.15, -0.1) is 0 Å². The molecule has 0 radical (unpaired) electrons. The summed E-state index contributed by atoms with van der Waals surface area (Å²) in [4.78, 5) is 27.7. The SMILES string of the molecule is CN(Cc1ccccc1Cl)[C@H]1C[C@@H]2CN(C(=O)n3cc(C(=O)O)cn3)C[C@@H]2C1. The molecular weight excluding hydrogens is 380 g/mol. The number of nitrogens with zero attached hydrogens (tertiary/aromatic N) is 4. The van der Waals surface area contributed by atoms with Gasteiger partial charge in [0.15, 0.2) is 0 Å². The van der Waals surface area contributed by atoms with Crippen molar-refractivity contribution in [3.05, 3.63) is 52.8 Å². The highest BCUT2D eigenvalue weighted by Gasteiger charge is 2.43. The Balaban J connectivity index is 1.34. The number of benzene rings is 1. The van der Waals surface area contributed by atoms with Crippen LogP contribution in [0.15, 0.2) is 36.7 Å². The number of fused-ring (bicyclic) bond motifs is 1. The van der Waals surface area contributed by atoms with Crippen LogP contribution in [0.5, 0.6) is 0 Å². The fourth-order valence-corrected chi connectivity index (χ4v) is 4.69. The fraction of sp³-hybridized carbons (Fsp3) is 0.450. The minimum Gasteiger partial charge on any atom is -0.478 e. The third-order valence-corrected chi connectivity index (χ3v) is 6.39. The molecule has 2 aliphatic rings. The van der Waals surface area contributed by atoms with Crippen LogP contribution in [-0.2, 0) is 6.54 Å². The average Bonchev–Trinajstić information content (AvgIpc) is 3.37. The third-order valence-electron chi connectivity index (χ3n) is 6.02. The van der Waals surface area contributed by atoms with Crippen LogP contribution in [0.1, 0.15) is 28.8 Å². The number of aromatic nitrogens is 2. The summed E-state index contributed by atoms with van der Waals surface area (Å²) in [5, 5.41) is 13.7. The molecule has 1 N–H and O–H groups in total. The van der Waals surface area contributed by atoms with E-state index in [1.54, 1.807) is 4.90 Å². The maximum Gasteiger partial charge on any atom is 0.344 e. The molecule has 1 saturated carbocycles. The van der Waals surface area contributed by atoms with E-state index in [0.29, 0.717) is 31.0 Å². The first-order valence-electron chi connectivity index (χ1n) is 9.43. The number of carbonyl (C=O) groups excluding carboxylic acids is 1. The van der Waals surface area contributed by atoms with Gasteiger partial charge < -0.3 is 10.0 Å². The van der Waals surface area contributed by atoms with Gasteiger partial charge in [-0.25, -0.2) is 9.59 Å². The fourth-order valence-electron chi connectivity index (χ4n) is 4.49. The second-order valence-corrected chi connectivity index (χ2v) is 8.23. The predicted octanol–water partition coefficient (Wildman–Crippen LogP) is 3.05. The Hall–Kier alpha value is -2.38. The molecule has 1 aliphatic heterocycles. The number of rotatable bonds is 4. The van der Waals surface area contributed by atoms with Gasteiger partial charge in [-0.05, 0) is 43.4 Å². The zero-order valence-electron chi connectivity index (χ0n) is 15.7. The summed E-state index contributed by atoms with van der Waals surface area (Å²) in [6, 6.07) is 8.16. The quantitative estimate of drug-likeness (QED) is 0.850. The summed E-state index contributed by atoms with van der Waals surface area (Å²) >= 11 is 6.29. The minimum absolute atomic E-state index is 0.0222. The molecule has 2 fully saturated rings. The molecule has 148 valence electrons. The Bertz CT molecular complexity index is 885. The van der Waals surface area contributed by atoms with E-state index in [4.69, 9.17) is 16.7 Å². The van der Waals surface area contributed by atoms with Gasteiger partial charge in [0.1, 0.15) is 0 Å². The van der Waals surface area contributed by atoms with Crippen LogP contribution in [0.3, 0.4) is 0 Å². The van der Waals surface area contributed by atoms with Crippen LogP contribution in [0.2, 0.25) is 5.02 Å². The molecule has 8 heteroatoms. The van der Waals surface area contributed by atoms with E-state index in [-0.39, 0.29) is 11.6 Å². The number of carboxylic acids is 1. The van der Waals surface area contributed by atoms with Gasteiger partial charge in [0.05, 0.1) is 18.0 Å². The van der Waals surface area contributed by atoms with Crippen molar-refractivity contribution in [1.29, 1.82) is 0 Å². The lowest BCUT2D eigenvalue weighted by molar-refractivity contribution is 0.0697. The van der Waals surface area contributed by atoms with E-state index < -0.39 is 5.97 Å². The number of carboxylic acid groups (broad SMARTS) is 1. The van der Waals surface area contributed by atoms with E-state index in [1.165, 1.54) is 12.4 Å². The largest absolute Gasteiger partial charge is 0.478 e. The maximum atomic E-state index is 12.6. The summed E-state index contributed by atoms with van der Waals surface area (Å²) in [5.41, 5.74) is 1.16. The molecule has 7 nitrogen and oxygen atoms in total. The van der Waals surface area contributed by atoms with E-state index >= 15 is 0 Å². The van der Waals surface area contributed by atoms with Crippen LogP contribution in [0, 0.1) is 11.8 Å². The Morgan fingerprint density at radius 2 is 1.93 bits per heavy atom. The van der Waals surface area contributed by atoms with E-state index in [1.807, 2.05) is 18.2 Å². The van der Waals surface area contributed by atoms with Crippen LogP contribution in [-0.4, -0.2) is 62.9 Å². The lowest BCUT2D eigenvalue weighted by Crippen LogP contribution is -2.36. The summed E-state index contributed by atoms with van der Waals surface area (Å²) in [5.74, 6) is -0.143. The summed E-state index contributed by atoms with van der Waals surface area (Å²) in [6.07, 6.45) is 4.58. The number of hydrogen-bond acceptors (Lipinski definition) is 4. The number of likely N-dealkylation sites (tertiary alicyclic amines) is 1. The average molecular weight is 403 g/mol. The highest BCUT2D eigenvalue weighted by Crippen LogP contribution is 2.40. The molecule has 1 aromatic carbocycles. The lowest BCUT2D eigenvalue weighted by Gasteiger charge is -2.26. The molecule has 0 spiro atoms. The molecule has 28 heavy (non-hydrogen) atoms. The topological polar surface area (TPSA) is 78.7 Å². The Morgan fingerprint density at radius 1 is 1.25 bits per heavy atom. The summed E-state index contributed by atoms with van der Waals surface area (Å²) < 4.78 is 1.13. The Labute approximate surface area is 168 Å². The number of hydrogen-bond donors (Lipinski definition) is 1. The van der Waals surface area contributed by atoms with Gasteiger partial charge in [-0.1, -0.05) is 29.8 Å². The second-order valence-electron chi connectivity index (χ2n) is 7.82. The molecule has 0 bridgehead atoms. The predicted molar refractivity (Wildman–Crippen MR) is 104 cm³/mol. The highest BCUT2D eigenvalue weighted by atomic mass is 35.5. The van der Waals surface area contributed by atoms with Gasteiger partial charge >= 0.3 is 12.0 Å². The minimum atomic E-state index is -1.08. The van der Waals surface area contributed by atoms with Crippen molar-refractivity contribution in [3.63, 3.8) is 0 Å². The molecule has 1 saturated heterocycles. The van der Waals surface area contributed by atoms with Crippen LogP contribution in [0.4, 0.5) is 4.79 Å². The van der Waals surface area contributed by atoms with Gasteiger partial charge in [0, 0.05) is 30.7 Å². The standard InChI is InChI=1S/C20H23ClN4O3/c1-23(9-13-4-2-3-5-18(13)21)17-6-14-10-24(11-15(14)7-17)20(28)25-12-16(8-22-25)19(26)27/h2-5,8,12,14-15,17H,6-7,9-11H2,1H3,(H,26,27)/t14-,15+,17+. The zero-order chi connectivity index (χ0) is 19.8. The van der Waals surface area contributed by atoms with Crippen molar-refractivity contribution >= 4 is 23.6 Å². The molecule has 2 heterocycles. The summed E-state index contributed by atoms with van der Waals surface area (Å²) in [6.45, 7) is 2.21. The van der Waals surface area contributed by atoms with Crippen molar-refractivity contribution in [2.75, 3.05) is 20.1 Å². The summed E-state index contributed by atoms with van der Waals surface area (Å²) in [7, 11) is 2.13. The molecule has 4 rings (SSSR count). The maximum absolute atomic E-state index is 12.6. The normalized spacial score (nSPS) is 24.0. The first-order chi connectivity index (χ1) is 13.4. The Morgan fingerprint density at radius 3 is 2.54 bits per heavy atom. The molecular formula is C20H23ClN4O3. The van der Waals surface area contributed by atoms with E-state index in [9.17, 15) is 9.59 Å². The van der Waals surface area contributed by atoms with Crippen molar-refractivity contribution in [2.24, 2.45) is 11.8 Å². The molecule has 1 amide bonds. The monoisotopic (exact) mass is 402 g/mol. The van der Waals surface area contributed by atoms with Crippen LogP contribution >= 0.6 is 11.6 Å². The highest BCUT2D eigenvalue weighted by molar-refractivity contribution is 6.31. The molecule has 1 aromatic heterocycles. The third kappa shape index (κ3) is 3.64. The Kier molecular flexibility index (Phi) is 5.12. The van der Waals surface area contributed by atoms with E-state index in [2.05, 4.69) is 23.1 Å². The van der Waals surface area contributed by atoms with Crippen molar-refractivity contribution in [3.8, 4) is 0 Å². The van der Waals surface area contributed by atoms with Gasteiger partial charge in [-0.3, -0.25) is 4.90 Å².